The molecule has 86 valence electrons. The Morgan fingerprint density at radius 2 is 2.19 bits per heavy atom. The highest BCUT2D eigenvalue weighted by Gasteiger charge is 2.40. The van der Waals surface area contributed by atoms with E-state index in [9.17, 15) is 0 Å². The molecule has 0 atom stereocenters. The van der Waals surface area contributed by atoms with Crippen LogP contribution in [0.2, 0.25) is 0 Å². The number of rotatable bonds is 1. The van der Waals surface area contributed by atoms with Gasteiger partial charge in [-0.3, -0.25) is 4.98 Å². The molecule has 4 heteroatoms. The smallest absolute Gasteiger partial charge is 0.172 e. The maximum absolute atomic E-state index is 5.74. The first-order chi connectivity index (χ1) is 7.81. The van der Waals surface area contributed by atoms with Gasteiger partial charge in [-0.2, -0.15) is 0 Å². The van der Waals surface area contributed by atoms with E-state index in [4.69, 9.17) is 9.47 Å². The number of hydrogen-bond donors (Lipinski definition) is 1. The average Bonchev–Trinajstić information content (AvgIpc) is 2.76. The van der Waals surface area contributed by atoms with Crippen molar-refractivity contribution < 1.29 is 9.47 Å². The second-order valence-corrected chi connectivity index (χ2v) is 4.36. The molecule has 0 unspecified atom stereocenters. The summed E-state index contributed by atoms with van der Waals surface area (Å²) in [7, 11) is 1.91. The van der Waals surface area contributed by atoms with Gasteiger partial charge in [0.25, 0.3) is 0 Å². The van der Waals surface area contributed by atoms with Crippen molar-refractivity contribution in [2.75, 3.05) is 25.6 Å². The van der Waals surface area contributed by atoms with Crippen LogP contribution < -0.4 is 5.32 Å². The number of nitrogens with zero attached hydrogens (tertiary/aromatic N) is 1. The zero-order valence-corrected chi connectivity index (χ0v) is 9.45. The van der Waals surface area contributed by atoms with Gasteiger partial charge in [-0.1, -0.05) is 0 Å². The SMILES string of the molecule is CNc1cnc2c(c1)CC1(CC2)OCCO1. The first kappa shape index (κ1) is 10.1. The number of pyridine rings is 1. The van der Waals surface area contributed by atoms with Crippen LogP contribution in [-0.4, -0.2) is 31.0 Å². The molecule has 0 aromatic carbocycles. The van der Waals surface area contributed by atoms with Crippen molar-refractivity contribution in [3.63, 3.8) is 0 Å². The standard InChI is InChI=1S/C12H16N2O2/c1-13-10-6-9-7-12(15-4-5-16-12)3-2-11(9)14-8-10/h6,8,13H,2-5,7H2,1H3. The number of aromatic nitrogens is 1. The molecule has 4 nitrogen and oxygen atoms in total. The van der Waals surface area contributed by atoms with Gasteiger partial charge in [0.15, 0.2) is 5.79 Å². The summed E-state index contributed by atoms with van der Waals surface area (Å²) >= 11 is 0. The predicted octanol–water partition coefficient (Wildman–Crippen LogP) is 1.36. The fraction of sp³-hybridized carbons (Fsp3) is 0.583. The average molecular weight is 220 g/mol. The number of aryl methyl sites for hydroxylation is 1. The number of nitrogens with one attached hydrogen (secondary N) is 1. The largest absolute Gasteiger partial charge is 0.387 e. The molecule has 1 spiro atoms. The topological polar surface area (TPSA) is 43.4 Å². The summed E-state index contributed by atoms with van der Waals surface area (Å²) in [6.45, 7) is 1.43. The Labute approximate surface area is 95.0 Å². The third-order valence-corrected chi connectivity index (χ3v) is 3.36. The zero-order chi connectivity index (χ0) is 11.0. The minimum Gasteiger partial charge on any atom is -0.387 e. The first-order valence-corrected chi connectivity index (χ1v) is 5.75. The van der Waals surface area contributed by atoms with E-state index in [-0.39, 0.29) is 5.79 Å². The highest BCUT2D eigenvalue weighted by atomic mass is 16.7. The Bertz CT molecular complexity index is 400. The molecule has 0 radical (unpaired) electrons. The van der Waals surface area contributed by atoms with Crippen LogP contribution in [-0.2, 0) is 22.3 Å². The van der Waals surface area contributed by atoms with E-state index in [1.54, 1.807) is 0 Å². The molecule has 2 heterocycles. The summed E-state index contributed by atoms with van der Waals surface area (Å²) in [6.07, 6.45) is 4.57. The highest BCUT2D eigenvalue weighted by Crippen LogP contribution is 2.35. The molecule has 16 heavy (non-hydrogen) atoms. The quantitative estimate of drug-likeness (QED) is 0.776. The fourth-order valence-corrected chi connectivity index (χ4v) is 2.48. The monoisotopic (exact) mass is 220 g/mol. The van der Waals surface area contributed by atoms with E-state index >= 15 is 0 Å². The van der Waals surface area contributed by atoms with Crippen LogP contribution in [0, 0.1) is 0 Å². The molecule has 1 aromatic rings. The van der Waals surface area contributed by atoms with Gasteiger partial charge in [-0.25, -0.2) is 0 Å². The van der Waals surface area contributed by atoms with E-state index in [2.05, 4.69) is 16.4 Å². The van der Waals surface area contributed by atoms with Crippen molar-refractivity contribution in [3.05, 3.63) is 23.5 Å². The van der Waals surface area contributed by atoms with Crippen LogP contribution in [0.3, 0.4) is 0 Å². The summed E-state index contributed by atoms with van der Waals surface area (Å²) in [5.41, 5.74) is 3.48. The van der Waals surface area contributed by atoms with Crippen molar-refractivity contribution in [2.24, 2.45) is 0 Å². The number of ether oxygens (including phenoxy) is 2. The van der Waals surface area contributed by atoms with Crippen LogP contribution in [0.15, 0.2) is 12.3 Å². The molecule has 2 aliphatic rings. The Balaban J connectivity index is 1.91. The molecule has 1 aromatic heterocycles. The lowest BCUT2D eigenvalue weighted by Gasteiger charge is -2.32. The van der Waals surface area contributed by atoms with Crippen LogP contribution in [0.5, 0.6) is 0 Å². The normalized spacial score (nSPS) is 22.1. The van der Waals surface area contributed by atoms with E-state index in [1.807, 2.05) is 13.2 Å². The number of hydrogen-bond acceptors (Lipinski definition) is 4. The molecular formula is C12H16N2O2. The lowest BCUT2D eigenvalue weighted by molar-refractivity contribution is -0.164. The minimum absolute atomic E-state index is 0.360. The predicted molar refractivity (Wildman–Crippen MR) is 60.4 cm³/mol. The lowest BCUT2D eigenvalue weighted by Crippen LogP contribution is -2.37. The Morgan fingerprint density at radius 3 is 2.94 bits per heavy atom. The molecule has 0 amide bonds. The zero-order valence-electron chi connectivity index (χ0n) is 9.45. The fourth-order valence-electron chi connectivity index (χ4n) is 2.48. The van der Waals surface area contributed by atoms with Crippen molar-refractivity contribution in [1.29, 1.82) is 0 Å². The summed E-state index contributed by atoms with van der Waals surface area (Å²) in [6, 6.07) is 2.15. The van der Waals surface area contributed by atoms with Gasteiger partial charge in [-0.05, 0) is 18.1 Å². The van der Waals surface area contributed by atoms with E-state index in [1.165, 1.54) is 11.3 Å². The minimum atomic E-state index is -0.360. The second-order valence-electron chi connectivity index (χ2n) is 4.36. The lowest BCUT2D eigenvalue weighted by atomic mass is 9.90. The molecule has 0 saturated carbocycles. The first-order valence-electron chi connectivity index (χ1n) is 5.75. The van der Waals surface area contributed by atoms with Gasteiger partial charge < -0.3 is 14.8 Å². The van der Waals surface area contributed by atoms with Gasteiger partial charge in [0, 0.05) is 25.6 Å². The Hall–Kier alpha value is -1.13. The van der Waals surface area contributed by atoms with Crippen LogP contribution in [0.1, 0.15) is 17.7 Å². The van der Waals surface area contributed by atoms with Gasteiger partial charge in [-0.15, -0.1) is 0 Å². The van der Waals surface area contributed by atoms with E-state index in [0.717, 1.165) is 24.9 Å². The maximum atomic E-state index is 5.74. The van der Waals surface area contributed by atoms with Crippen LogP contribution in [0.25, 0.3) is 0 Å². The van der Waals surface area contributed by atoms with Gasteiger partial charge in [0.1, 0.15) is 0 Å². The van der Waals surface area contributed by atoms with Crippen LogP contribution >= 0.6 is 0 Å². The highest BCUT2D eigenvalue weighted by molar-refractivity contribution is 5.45. The molecule has 0 bridgehead atoms. The Kier molecular flexibility index (Phi) is 2.33. The second kappa shape index (κ2) is 3.71. The van der Waals surface area contributed by atoms with Crippen molar-refractivity contribution in [2.45, 2.75) is 25.0 Å². The summed E-state index contributed by atoms with van der Waals surface area (Å²) in [5, 5.41) is 3.11. The summed E-state index contributed by atoms with van der Waals surface area (Å²) in [5.74, 6) is -0.360. The van der Waals surface area contributed by atoms with Crippen molar-refractivity contribution in [3.8, 4) is 0 Å². The third kappa shape index (κ3) is 1.58. The molecular weight excluding hydrogens is 204 g/mol. The summed E-state index contributed by atoms with van der Waals surface area (Å²) < 4.78 is 11.5. The summed E-state index contributed by atoms with van der Waals surface area (Å²) in [4.78, 5) is 4.47. The van der Waals surface area contributed by atoms with Gasteiger partial charge >= 0.3 is 0 Å². The molecule has 1 fully saturated rings. The maximum Gasteiger partial charge on any atom is 0.172 e. The Morgan fingerprint density at radius 1 is 1.38 bits per heavy atom. The van der Waals surface area contributed by atoms with Gasteiger partial charge in [0.05, 0.1) is 25.1 Å². The molecule has 1 aliphatic carbocycles. The molecule has 1 N–H and O–H groups in total. The van der Waals surface area contributed by atoms with Crippen LogP contribution in [0.4, 0.5) is 5.69 Å². The molecule has 1 saturated heterocycles. The number of fused-ring (bicyclic) bond motifs is 1. The number of anilines is 1. The molecule has 3 rings (SSSR count). The van der Waals surface area contributed by atoms with E-state index < -0.39 is 0 Å². The third-order valence-electron chi connectivity index (χ3n) is 3.36. The van der Waals surface area contributed by atoms with E-state index in [0.29, 0.717) is 13.2 Å². The molecule has 1 aliphatic heterocycles. The van der Waals surface area contributed by atoms with Crippen molar-refractivity contribution >= 4 is 5.69 Å². The van der Waals surface area contributed by atoms with Gasteiger partial charge in [0.2, 0.25) is 0 Å². The van der Waals surface area contributed by atoms with Crippen molar-refractivity contribution in [1.82, 2.24) is 4.98 Å².